The highest BCUT2D eigenvalue weighted by molar-refractivity contribution is 8.76. The van der Waals surface area contributed by atoms with Crippen molar-refractivity contribution in [1.82, 2.24) is 0 Å². The van der Waals surface area contributed by atoms with Gasteiger partial charge in [-0.15, -0.1) is 0 Å². The lowest BCUT2D eigenvalue weighted by atomic mass is 9.98. The molecule has 0 aliphatic carbocycles. The number of anilines is 2. The minimum atomic E-state index is 0.893. The van der Waals surface area contributed by atoms with Crippen LogP contribution in [-0.2, 0) is 0 Å². The van der Waals surface area contributed by atoms with E-state index in [9.17, 15) is 0 Å². The van der Waals surface area contributed by atoms with Crippen molar-refractivity contribution < 1.29 is 0 Å². The predicted octanol–water partition coefficient (Wildman–Crippen LogP) is 6.12. The van der Waals surface area contributed by atoms with Crippen molar-refractivity contribution in [3.05, 3.63) is 44.5 Å². The van der Waals surface area contributed by atoms with Crippen LogP contribution in [-0.4, -0.2) is 0 Å². The molecule has 0 aromatic heterocycles. The molecule has 0 heterocycles. The topological polar surface area (TPSA) is 52.0 Å². The van der Waals surface area contributed by atoms with Crippen LogP contribution >= 0.6 is 21.6 Å². The van der Waals surface area contributed by atoms with Gasteiger partial charge in [0.05, 0.1) is 0 Å². The molecule has 0 atom stereocenters. The minimum Gasteiger partial charge on any atom is -0.398 e. The fourth-order valence-electron chi connectivity index (χ4n) is 2.91. The Morgan fingerprint density at radius 3 is 0.958 bits per heavy atom. The summed E-state index contributed by atoms with van der Waals surface area (Å²) in [5.41, 5.74) is 24.7. The van der Waals surface area contributed by atoms with Crippen LogP contribution in [0.3, 0.4) is 0 Å². The fraction of sp³-hybridized carbons (Fsp3) is 0.400. The van der Waals surface area contributed by atoms with Crippen molar-refractivity contribution in [3.8, 4) is 0 Å². The number of benzene rings is 2. The van der Waals surface area contributed by atoms with E-state index in [4.69, 9.17) is 11.5 Å². The highest BCUT2D eigenvalue weighted by atomic mass is 33.1. The normalized spacial score (nSPS) is 11.2. The molecule has 4 heteroatoms. The van der Waals surface area contributed by atoms with Gasteiger partial charge in [-0.3, -0.25) is 0 Å². The van der Waals surface area contributed by atoms with E-state index in [2.05, 4.69) is 55.4 Å². The van der Waals surface area contributed by atoms with E-state index in [1.54, 1.807) is 21.6 Å². The Labute approximate surface area is 154 Å². The summed E-state index contributed by atoms with van der Waals surface area (Å²) in [6.45, 7) is 17.1. The molecule has 0 radical (unpaired) electrons. The maximum Gasteiger partial charge on any atom is 0.0496 e. The zero-order valence-electron chi connectivity index (χ0n) is 16.0. The van der Waals surface area contributed by atoms with Crippen LogP contribution in [0.4, 0.5) is 11.4 Å². The van der Waals surface area contributed by atoms with Gasteiger partial charge in [0.1, 0.15) is 0 Å². The molecule has 2 nitrogen and oxygen atoms in total. The van der Waals surface area contributed by atoms with Gasteiger partial charge in [-0.05, 0) is 121 Å². The molecular formula is C20H28N2S2. The van der Waals surface area contributed by atoms with Gasteiger partial charge in [-0.2, -0.15) is 0 Å². The van der Waals surface area contributed by atoms with E-state index in [0.29, 0.717) is 0 Å². The van der Waals surface area contributed by atoms with E-state index in [0.717, 1.165) is 21.2 Å². The van der Waals surface area contributed by atoms with Crippen molar-refractivity contribution in [2.75, 3.05) is 11.5 Å². The fourth-order valence-corrected chi connectivity index (χ4v) is 5.91. The molecule has 0 amide bonds. The Morgan fingerprint density at radius 1 is 0.417 bits per heavy atom. The van der Waals surface area contributed by atoms with Crippen LogP contribution in [0.2, 0.25) is 0 Å². The van der Waals surface area contributed by atoms with Crippen molar-refractivity contribution >= 4 is 33.0 Å². The maximum atomic E-state index is 6.41. The van der Waals surface area contributed by atoms with Crippen molar-refractivity contribution in [3.63, 3.8) is 0 Å². The molecule has 0 saturated heterocycles. The van der Waals surface area contributed by atoms with E-state index in [-0.39, 0.29) is 0 Å². The Balaban J connectivity index is 2.48. The summed E-state index contributed by atoms with van der Waals surface area (Å²) in [5, 5.41) is 0. The summed E-state index contributed by atoms with van der Waals surface area (Å²) < 4.78 is 0. The number of hydrogen-bond acceptors (Lipinski definition) is 4. The van der Waals surface area contributed by atoms with Crippen LogP contribution in [0.1, 0.15) is 44.5 Å². The number of nitrogens with two attached hydrogens (primary N) is 2. The molecule has 0 saturated carbocycles. The van der Waals surface area contributed by atoms with Gasteiger partial charge in [0.2, 0.25) is 0 Å². The summed E-state index contributed by atoms with van der Waals surface area (Å²) in [5.74, 6) is 0. The van der Waals surface area contributed by atoms with Gasteiger partial charge in [0.25, 0.3) is 0 Å². The molecule has 0 aliphatic rings. The lowest BCUT2D eigenvalue weighted by Gasteiger charge is -2.20. The predicted molar refractivity (Wildman–Crippen MR) is 111 cm³/mol. The first-order valence-electron chi connectivity index (χ1n) is 8.15. The van der Waals surface area contributed by atoms with Crippen LogP contribution in [0.25, 0.3) is 0 Å². The molecular weight excluding hydrogens is 332 g/mol. The third kappa shape index (κ3) is 3.02. The maximum absolute atomic E-state index is 6.41. The number of nitrogen functional groups attached to an aromatic ring is 2. The summed E-state index contributed by atoms with van der Waals surface area (Å²) >= 11 is 0. The third-order valence-corrected chi connectivity index (χ3v) is 8.28. The first-order chi connectivity index (χ1) is 11.1. The Hall–Kier alpha value is -1.26. The number of rotatable bonds is 3. The summed E-state index contributed by atoms with van der Waals surface area (Å²) in [6.07, 6.45) is 0. The molecule has 0 spiro atoms. The van der Waals surface area contributed by atoms with Gasteiger partial charge in [0, 0.05) is 21.2 Å². The van der Waals surface area contributed by atoms with Gasteiger partial charge >= 0.3 is 0 Å². The smallest absolute Gasteiger partial charge is 0.0496 e. The van der Waals surface area contributed by atoms with Gasteiger partial charge in [0.15, 0.2) is 0 Å². The van der Waals surface area contributed by atoms with E-state index in [1.807, 2.05) is 0 Å². The largest absolute Gasteiger partial charge is 0.398 e. The van der Waals surface area contributed by atoms with Gasteiger partial charge < -0.3 is 11.5 Å². The zero-order chi connectivity index (χ0) is 18.3. The lowest BCUT2D eigenvalue weighted by molar-refractivity contribution is 1.15. The lowest BCUT2D eigenvalue weighted by Crippen LogP contribution is -2.02. The molecule has 0 unspecified atom stereocenters. The minimum absolute atomic E-state index is 0.893. The zero-order valence-corrected chi connectivity index (χ0v) is 17.6. The van der Waals surface area contributed by atoms with E-state index in [1.165, 1.54) is 44.5 Å². The highest BCUT2D eigenvalue weighted by Gasteiger charge is 2.17. The molecule has 130 valence electrons. The monoisotopic (exact) mass is 360 g/mol. The molecule has 2 rings (SSSR count). The molecule has 0 bridgehead atoms. The van der Waals surface area contributed by atoms with Gasteiger partial charge in [-0.25, -0.2) is 0 Å². The molecule has 24 heavy (non-hydrogen) atoms. The molecule has 2 aromatic carbocycles. The summed E-state index contributed by atoms with van der Waals surface area (Å²) in [6, 6.07) is 0. The first kappa shape index (κ1) is 19.1. The average Bonchev–Trinajstić information content (AvgIpc) is 2.57. The third-order valence-electron chi connectivity index (χ3n) is 5.56. The van der Waals surface area contributed by atoms with Crippen LogP contribution in [0.5, 0.6) is 0 Å². The van der Waals surface area contributed by atoms with Crippen molar-refractivity contribution in [1.29, 1.82) is 0 Å². The first-order valence-corrected chi connectivity index (χ1v) is 10.3. The second kappa shape index (κ2) is 6.93. The standard InChI is InChI=1S/C20H28N2S2/c1-9-11(3)15(7)19(17(21)13(9)5)23-24-20-16(8)12(4)10(2)14(6)18(20)22/h21-22H2,1-8H3. The van der Waals surface area contributed by atoms with E-state index < -0.39 is 0 Å². The molecule has 2 aromatic rings. The Kier molecular flexibility index (Phi) is 5.50. The van der Waals surface area contributed by atoms with Crippen molar-refractivity contribution in [2.24, 2.45) is 0 Å². The molecule has 4 N–H and O–H groups in total. The summed E-state index contributed by atoms with van der Waals surface area (Å²) in [7, 11) is 3.45. The summed E-state index contributed by atoms with van der Waals surface area (Å²) in [4.78, 5) is 2.32. The van der Waals surface area contributed by atoms with Crippen LogP contribution in [0, 0.1) is 55.4 Å². The van der Waals surface area contributed by atoms with E-state index >= 15 is 0 Å². The second-order valence-electron chi connectivity index (χ2n) is 6.65. The Morgan fingerprint density at radius 2 is 0.667 bits per heavy atom. The molecule has 0 aliphatic heterocycles. The second-order valence-corrected chi connectivity index (χ2v) is 8.80. The quantitative estimate of drug-likeness (QED) is 0.511. The molecule has 0 fully saturated rings. The average molecular weight is 361 g/mol. The highest BCUT2D eigenvalue weighted by Crippen LogP contribution is 2.48. The van der Waals surface area contributed by atoms with Crippen LogP contribution < -0.4 is 11.5 Å². The van der Waals surface area contributed by atoms with Crippen molar-refractivity contribution in [2.45, 2.75) is 65.2 Å². The van der Waals surface area contributed by atoms with Crippen LogP contribution in [0.15, 0.2) is 9.79 Å². The number of hydrogen-bond donors (Lipinski definition) is 2. The SMILES string of the molecule is Cc1c(C)c(C)c(SSc2c(C)c(C)c(C)c(C)c2N)c(N)c1C. The van der Waals surface area contributed by atoms with Gasteiger partial charge in [-0.1, -0.05) is 0 Å². The Bertz CT molecular complexity index is 696.